The monoisotopic (exact) mass is 221 g/mol. The van der Waals surface area contributed by atoms with Crippen molar-refractivity contribution >= 4 is 6.08 Å². The predicted octanol–water partition coefficient (Wildman–Crippen LogP) is 3.03. The van der Waals surface area contributed by atoms with E-state index in [4.69, 9.17) is 10.6 Å². The lowest BCUT2D eigenvalue weighted by Gasteiger charge is -1.99. The van der Waals surface area contributed by atoms with Gasteiger partial charge in [0.2, 0.25) is 0 Å². The van der Waals surface area contributed by atoms with Gasteiger partial charge in [-0.1, -0.05) is 17.3 Å². The Morgan fingerprint density at radius 2 is 2.25 bits per heavy atom. The lowest BCUT2D eigenvalue weighted by Crippen LogP contribution is -1.87. The van der Waals surface area contributed by atoms with Gasteiger partial charge in [0, 0.05) is 11.5 Å². The van der Waals surface area contributed by atoms with E-state index in [0.29, 0.717) is 24.1 Å². The molecule has 0 aliphatic carbocycles. The van der Waals surface area contributed by atoms with E-state index in [9.17, 15) is 4.39 Å². The average Bonchev–Trinajstić information content (AvgIpc) is 2.28. The molecule has 0 aromatic heterocycles. The van der Waals surface area contributed by atoms with Gasteiger partial charge in [-0.2, -0.15) is 0 Å². The summed E-state index contributed by atoms with van der Waals surface area (Å²) in [5.41, 5.74) is 9.27. The van der Waals surface area contributed by atoms with Gasteiger partial charge in [0.15, 0.2) is 0 Å². The van der Waals surface area contributed by atoms with Crippen LogP contribution in [0.3, 0.4) is 0 Å². The highest BCUT2D eigenvalue weighted by Gasteiger charge is 1.97. The highest BCUT2D eigenvalue weighted by atomic mass is 19.1. The minimum Gasteiger partial charge on any atom is -0.392 e. The van der Waals surface area contributed by atoms with Crippen LogP contribution in [0.2, 0.25) is 0 Å². The molecule has 0 bridgehead atoms. The summed E-state index contributed by atoms with van der Waals surface area (Å²) in [5, 5.41) is 12.3. The van der Waals surface area contributed by atoms with E-state index in [2.05, 4.69) is 10.0 Å². The number of benzene rings is 1. The van der Waals surface area contributed by atoms with E-state index in [0.717, 1.165) is 0 Å². The topological polar surface area (TPSA) is 69.0 Å². The zero-order valence-electron chi connectivity index (χ0n) is 8.67. The maximum Gasteiger partial charge on any atom is 0.124 e. The fraction of sp³-hybridized carbons (Fsp3) is 0.273. The summed E-state index contributed by atoms with van der Waals surface area (Å²) >= 11 is 0. The molecule has 84 valence electrons. The number of hydrogen-bond acceptors (Lipinski definition) is 2. The van der Waals surface area contributed by atoms with Gasteiger partial charge in [0.25, 0.3) is 0 Å². The first-order valence-electron chi connectivity index (χ1n) is 4.84. The molecule has 4 nitrogen and oxygen atoms in total. The highest BCUT2D eigenvalue weighted by Crippen LogP contribution is 2.11. The lowest BCUT2D eigenvalue weighted by atomic mass is 10.1. The van der Waals surface area contributed by atoms with Crippen LogP contribution >= 0.6 is 0 Å². The summed E-state index contributed by atoms with van der Waals surface area (Å²) in [4.78, 5) is 2.62. The maximum absolute atomic E-state index is 13.0. The van der Waals surface area contributed by atoms with E-state index in [1.54, 1.807) is 18.2 Å². The molecule has 1 aromatic carbocycles. The Morgan fingerprint density at radius 1 is 1.44 bits per heavy atom. The number of hydrogen-bond donors (Lipinski definition) is 1. The first-order chi connectivity index (χ1) is 7.76. The van der Waals surface area contributed by atoms with Gasteiger partial charge in [0.05, 0.1) is 6.61 Å². The molecular weight excluding hydrogens is 209 g/mol. The van der Waals surface area contributed by atoms with Crippen molar-refractivity contribution in [1.29, 1.82) is 0 Å². The second kappa shape index (κ2) is 6.61. The van der Waals surface area contributed by atoms with E-state index in [1.165, 1.54) is 12.1 Å². The fourth-order valence-corrected chi connectivity index (χ4v) is 1.26. The van der Waals surface area contributed by atoms with Crippen LogP contribution in [0.5, 0.6) is 0 Å². The minimum atomic E-state index is -0.374. The second-order valence-electron chi connectivity index (χ2n) is 3.20. The first-order valence-corrected chi connectivity index (χ1v) is 4.84. The van der Waals surface area contributed by atoms with Crippen molar-refractivity contribution in [1.82, 2.24) is 0 Å². The molecule has 1 rings (SSSR count). The third-order valence-corrected chi connectivity index (χ3v) is 1.93. The predicted molar refractivity (Wildman–Crippen MR) is 60.0 cm³/mol. The van der Waals surface area contributed by atoms with Crippen molar-refractivity contribution in [3.8, 4) is 0 Å². The first kappa shape index (κ1) is 12.2. The summed E-state index contributed by atoms with van der Waals surface area (Å²) in [5.74, 6) is -0.374. The third-order valence-electron chi connectivity index (χ3n) is 1.93. The molecule has 1 N–H and O–H groups in total. The largest absolute Gasteiger partial charge is 0.392 e. The Balaban J connectivity index is 2.65. The summed E-state index contributed by atoms with van der Waals surface area (Å²) in [7, 11) is 0. The summed E-state index contributed by atoms with van der Waals surface area (Å²) < 4.78 is 13.0. The van der Waals surface area contributed by atoms with Crippen molar-refractivity contribution < 1.29 is 9.50 Å². The second-order valence-corrected chi connectivity index (χ2v) is 3.20. The number of aliphatic hydroxyl groups excluding tert-OH is 1. The van der Waals surface area contributed by atoms with E-state index in [1.807, 2.05) is 0 Å². The molecule has 0 atom stereocenters. The van der Waals surface area contributed by atoms with Gasteiger partial charge < -0.3 is 5.11 Å². The smallest absolute Gasteiger partial charge is 0.124 e. The zero-order valence-corrected chi connectivity index (χ0v) is 8.67. The molecule has 0 aliphatic rings. The number of azide groups is 1. The van der Waals surface area contributed by atoms with Crippen molar-refractivity contribution in [3.05, 3.63) is 51.7 Å². The summed E-state index contributed by atoms with van der Waals surface area (Å²) in [6.07, 6.45) is 4.13. The molecule has 1 aromatic rings. The van der Waals surface area contributed by atoms with Crippen molar-refractivity contribution in [3.63, 3.8) is 0 Å². The normalized spacial score (nSPS) is 10.4. The maximum atomic E-state index is 13.0. The zero-order chi connectivity index (χ0) is 11.8. The summed E-state index contributed by atoms with van der Waals surface area (Å²) in [6.45, 7) is 0.201. The lowest BCUT2D eigenvalue weighted by molar-refractivity contribution is 0.281. The Bertz CT molecular complexity index is 425. The number of halogens is 1. The average molecular weight is 221 g/mol. The Morgan fingerprint density at radius 3 is 2.94 bits per heavy atom. The molecule has 16 heavy (non-hydrogen) atoms. The summed E-state index contributed by atoms with van der Waals surface area (Å²) in [6, 6.07) is 4.37. The van der Waals surface area contributed by atoms with Crippen LogP contribution in [0.4, 0.5) is 4.39 Å². The van der Waals surface area contributed by atoms with Crippen LogP contribution in [0.1, 0.15) is 17.5 Å². The van der Waals surface area contributed by atoms with Gasteiger partial charge in [-0.3, -0.25) is 0 Å². The molecule has 0 heterocycles. The van der Waals surface area contributed by atoms with Crippen LogP contribution < -0.4 is 0 Å². The Kier molecular flexibility index (Phi) is 5.05. The molecule has 0 unspecified atom stereocenters. The van der Waals surface area contributed by atoms with E-state index in [-0.39, 0.29) is 12.4 Å². The van der Waals surface area contributed by atoms with Gasteiger partial charge in [-0.15, -0.1) is 0 Å². The quantitative estimate of drug-likeness (QED) is 0.353. The number of aliphatic hydroxyl groups is 1. The molecular formula is C11H12FN3O. The van der Waals surface area contributed by atoms with Crippen LogP contribution in [0.25, 0.3) is 16.5 Å². The molecule has 5 heteroatoms. The van der Waals surface area contributed by atoms with Gasteiger partial charge in [-0.05, 0) is 41.3 Å². The molecule has 0 aliphatic heterocycles. The van der Waals surface area contributed by atoms with Crippen molar-refractivity contribution in [2.24, 2.45) is 5.11 Å². The highest BCUT2D eigenvalue weighted by molar-refractivity contribution is 5.50. The van der Waals surface area contributed by atoms with E-state index < -0.39 is 0 Å². The Hall–Kier alpha value is -1.84. The van der Waals surface area contributed by atoms with Crippen LogP contribution in [-0.4, -0.2) is 11.7 Å². The number of rotatable bonds is 5. The van der Waals surface area contributed by atoms with Crippen LogP contribution in [-0.2, 0) is 6.61 Å². The minimum absolute atomic E-state index is 0.183. The molecule has 0 saturated heterocycles. The van der Waals surface area contributed by atoms with Gasteiger partial charge in [0.1, 0.15) is 5.82 Å². The van der Waals surface area contributed by atoms with Crippen LogP contribution in [0.15, 0.2) is 29.4 Å². The molecule has 0 fully saturated rings. The third kappa shape index (κ3) is 4.13. The van der Waals surface area contributed by atoms with Crippen molar-refractivity contribution in [2.75, 3.05) is 6.54 Å². The van der Waals surface area contributed by atoms with Crippen LogP contribution in [0, 0.1) is 5.82 Å². The molecule has 0 spiro atoms. The van der Waals surface area contributed by atoms with Gasteiger partial charge in [-0.25, -0.2) is 4.39 Å². The standard InChI is InChI=1S/C11H12FN3O/c12-11-6-9(5-10(7-11)8-16)3-1-2-4-14-15-13/h1,3,5-7,16H,2,4,8H2. The fourth-order valence-electron chi connectivity index (χ4n) is 1.26. The molecule has 0 saturated carbocycles. The molecule has 0 amide bonds. The SMILES string of the molecule is [N-]=[N+]=NCCC=Cc1cc(F)cc(CO)c1. The number of nitrogens with zero attached hydrogens (tertiary/aromatic N) is 3. The Labute approximate surface area is 92.7 Å². The molecule has 0 radical (unpaired) electrons. The van der Waals surface area contributed by atoms with E-state index >= 15 is 0 Å². The van der Waals surface area contributed by atoms with Gasteiger partial charge >= 0.3 is 0 Å². The van der Waals surface area contributed by atoms with Crippen molar-refractivity contribution in [2.45, 2.75) is 13.0 Å².